The van der Waals surface area contributed by atoms with Crippen LogP contribution in [0.25, 0.3) is 0 Å². The molecule has 0 aliphatic heterocycles. The molecule has 4 nitrogen and oxygen atoms in total. The summed E-state index contributed by atoms with van der Waals surface area (Å²) in [4.78, 5) is 14.4. The number of hydrogen-bond acceptors (Lipinski definition) is 2. The maximum absolute atomic E-state index is 12.2. The predicted octanol–water partition coefficient (Wildman–Crippen LogP) is 2.79. The van der Waals surface area contributed by atoms with Crippen LogP contribution in [0.3, 0.4) is 0 Å². The van der Waals surface area contributed by atoms with Gasteiger partial charge in [-0.15, -0.1) is 0 Å². The van der Waals surface area contributed by atoms with E-state index < -0.39 is 0 Å². The molecule has 0 radical (unpaired) electrons. The fourth-order valence-electron chi connectivity index (χ4n) is 2.44. The van der Waals surface area contributed by atoms with E-state index in [1.165, 1.54) is 0 Å². The van der Waals surface area contributed by atoms with Gasteiger partial charge >= 0.3 is 0 Å². The van der Waals surface area contributed by atoms with E-state index in [-0.39, 0.29) is 5.91 Å². The second-order valence-corrected chi connectivity index (χ2v) is 6.47. The van der Waals surface area contributed by atoms with Crippen LogP contribution in [-0.2, 0) is 4.79 Å². The summed E-state index contributed by atoms with van der Waals surface area (Å²) in [5.41, 5.74) is 5.07. The molecule has 4 heteroatoms. The Bertz CT molecular complexity index is 405. The number of carbonyl (C=O) groups is 1. The third kappa shape index (κ3) is 5.37. The first-order chi connectivity index (χ1) is 9.29. The fraction of sp³-hybridized carbons (Fsp3) is 0.688. The minimum Gasteiger partial charge on any atom is -0.294 e. The van der Waals surface area contributed by atoms with Gasteiger partial charge in [0.2, 0.25) is 0 Å². The van der Waals surface area contributed by atoms with Crippen molar-refractivity contribution in [2.45, 2.75) is 41.5 Å². The van der Waals surface area contributed by atoms with Crippen molar-refractivity contribution in [3.8, 4) is 0 Å². The first kappa shape index (κ1) is 16.8. The van der Waals surface area contributed by atoms with Gasteiger partial charge in [-0.1, -0.05) is 27.7 Å². The largest absolute Gasteiger partial charge is 0.294 e. The number of hydrogen-bond donors (Lipinski definition) is 1. The zero-order valence-corrected chi connectivity index (χ0v) is 13.7. The number of nitrogens with one attached hydrogen (secondary N) is 1. The third-order valence-corrected chi connectivity index (χ3v) is 3.12. The summed E-state index contributed by atoms with van der Waals surface area (Å²) >= 11 is 0. The Balaban J connectivity index is 2.61. The molecule has 0 bridgehead atoms. The van der Waals surface area contributed by atoms with E-state index in [4.69, 9.17) is 0 Å². The van der Waals surface area contributed by atoms with Crippen molar-refractivity contribution in [3.05, 3.63) is 23.5 Å². The molecule has 0 aromatic carbocycles. The maximum Gasteiger partial charge on any atom is 0.252 e. The zero-order valence-electron chi connectivity index (χ0n) is 13.7. The van der Waals surface area contributed by atoms with Crippen LogP contribution in [0.15, 0.2) is 12.1 Å². The Labute approximate surface area is 123 Å². The van der Waals surface area contributed by atoms with Crippen LogP contribution in [0.4, 0.5) is 0 Å². The van der Waals surface area contributed by atoms with Gasteiger partial charge in [-0.25, -0.2) is 0 Å². The lowest BCUT2D eigenvalue weighted by Gasteiger charge is -2.25. The molecular formula is C16H29N3O. The van der Waals surface area contributed by atoms with E-state index in [0.717, 1.165) is 24.5 Å². The smallest absolute Gasteiger partial charge is 0.252 e. The van der Waals surface area contributed by atoms with E-state index in [0.29, 0.717) is 18.4 Å². The molecular weight excluding hydrogens is 250 g/mol. The van der Waals surface area contributed by atoms with E-state index in [2.05, 4.69) is 38.0 Å². The fourth-order valence-corrected chi connectivity index (χ4v) is 2.44. The molecule has 1 amide bonds. The summed E-state index contributed by atoms with van der Waals surface area (Å²) in [5, 5.41) is 0. The molecule has 0 fully saturated rings. The van der Waals surface area contributed by atoms with Crippen molar-refractivity contribution < 1.29 is 4.79 Å². The van der Waals surface area contributed by atoms with Gasteiger partial charge in [0, 0.05) is 24.5 Å². The van der Waals surface area contributed by atoms with Crippen LogP contribution < -0.4 is 5.43 Å². The van der Waals surface area contributed by atoms with Crippen molar-refractivity contribution >= 4 is 5.91 Å². The summed E-state index contributed by atoms with van der Waals surface area (Å²) in [7, 11) is 0. The molecule has 1 aromatic rings. The molecule has 1 aromatic heterocycles. The van der Waals surface area contributed by atoms with Crippen molar-refractivity contribution in [3.63, 3.8) is 0 Å². The van der Waals surface area contributed by atoms with Gasteiger partial charge in [0.25, 0.3) is 5.91 Å². The van der Waals surface area contributed by atoms with Crippen LogP contribution in [0, 0.1) is 25.7 Å². The molecule has 0 unspecified atom stereocenters. The summed E-state index contributed by atoms with van der Waals surface area (Å²) < 4.78 is 1.85. The van der Waals surface area contributed by atoms with Gasteiger partial charge in [-0.05, 0) is 37.8 Å². The number of nitrogens with zero attached hydrogens (tertiary/aromatic N) is 2. The highest BCUT2D eigenvalue weighted by molar-refractivity contribution is 5.85. The Morgan fingerprint density at radius 1 is 1.10 bits per heavy atom. The molecule has 0 spiro atoms. The molecule has 0 aliphatic rings. The molecule has 1 N–H and O–H groups in total. The Morgan fingerprint density at radius 2 is 1.55 bits per heavy atom. The summed E-state index contributed by atoms with van der Waals surface area (Å²) in [6.45, 7) is 15.1. The Kier molecular flexibility index (Phi) is 6.27. The Hall–Kier alpha value is -1.29. The molecule has 114 valence electrons. The second kappa shape index (κ2) is 7.48. The topological polar surface area (TPSA) is 37.3 Å². The minimum atomic E-state index is 0.0497. The van der Waals surface area contributed by atoms with Crippen LogP contribution in [0.5, 0.6) is 0 Å². The van der Waals surface area contributed by atoms with E-state index in [1.807, 2.05) is 30.7 Å². The first-order valence-corrected chi connectivity index (χ1v) is 7.46. The molecule has 20 heavy (non-hydrogen) atoms. The number of aryl methyl sites for hydroxylation is 2. The minimum absolute atomic E-state index is 0.0497. The van der Waals surface area contributed by atoms with Crippen molar-refractivity contribution in [2.24, 2.45) is 11.8 Å². The normalized spacial score (nSPS) is 11.7. The van der Waals surface area contributed by atoms with Crippen LogP contribution in [0.1, 0.15) is 39.1 Å². The average Bonchev–Trinajstić information content (AvgIpc) is 2.58. The number of aromatic nitrogens is 1. The van der Waals surface area contributed by atoms with Crippen molar-refractivity contribution in [2.75, 3.05) is 25.1 Å². The van der Waals surface area contributed by atoms with E-state index in [9.17, 15) is 4.79 Å². The molecule has 0 atom stereocenters. The monoisotopic (exact) mass is 279 g/mol. The van der Waals surface area contributed by atoms with Gasteiger partial charge in [0.15, 0.2) is 0 Å². The summed E-state index contributed by atoms with van der Waals surface area (Å²) in [6, 6.07) is 4.02. The maximum atomic E-state index is 12.2. The van der Waals surface area contributed by atoms with Gasteiger partial charge in [0.1, 0.15) is 0 Å². The highest BCUT2D eigenvalue weighted by atomic mass is 16.2. The molecule has 0 saturated carbocycles. The highest BCUT2D eigenvalue weighted by Gasteiger charge is 2.14. The molecule has 1 heterocycles. The molecule has 0 aliphatic carbocycles. The Morgan fingerprint density at radius 3 is 1.95 bits per heavy atom. The summed E-state index contributed by atoms with van der Waals surface area (Å²) in [5.74, 6) is 1.18. The van der Waals surface area contributed by atoms with E-state index >= 15 is 0 Å². The first-order valence-electron chi connectivity index (χ1n) is 7.46. The number of carbonyl (C=O) groups excluding carboxylic acids is 1. The second-order valence-electron chi connectivity index (χ2n) is 6.47. The third-order valence-electron chi connectivity index (χ3n) is 3.12. The van der Waals surface area contributed by atoms with E-state index in [1.54, 1.807) is 0 Å². The van der Waals surface area contributed by atoms with Crippen molar-refractivity contribution in [1.29, 1.82) is 0 Å². The number of rotatable bonds is 7. The molecule has 1 rings (SSSR count). The van der Waals surface area contributed by atoms with Crippen LogP contribution >= 0.6 is 0 Å². The van der Waals surface area contributed by atoms with Gasteiger partial charge in [0.05, 0.1) is 6.54 Å². The standard InChI is InChI=1S/C16H29N3O/c1-12(2)9-18(10-13(3)4)11-16(20)17-19-14(5)7-8-15(19)6/h7-8,12-13H,9-11H2,1-6H3,(H,17,20). The summed E-state index contributed by atoms with van der Waals surface area (Å²) in [6.07, 6.45) is 0. The average molecular weight is 279 g/mol. The van der Waals surface area contributed by atoms with Crippen molar-refractivity contribution in [1.82, 2.24) is 9.58 Å². The highest BCUT2D eigenvalue weighted by Crippen LogP contribution is 2.06. The SMILES string of the molecule is Cc1ccc(C)n1NC(=O)CN(CC(C)C)CC(C)C. The van der Waals surface area contributed by atoms with Gasteiger partial charge in [-0.3, -0.25) is 19.8 Å². The van der Waals surface area contributed by atoms with Crippen LogP contribution in [0.2, 0.25) is 0 Å². The van der Waals surface area contributed by atoms with Gasteiger partial charge in [-0.2, -0.15) is 0 Å². The lowest BCUT2D eigenvalue weighted by molar-refractivity contribution is -0.118. The van der Waals surface area contributed by atoms with Gasteiger partial charge < -0.3 is 0 Å². The lowest BCUT2D eigenvalue weighted by Crippen LogP contribution is -2.40. The van der Waals surface area contributed by atoms with Crippen LogP contribution in [-0.4, -0.2) is 35.1 Å². The molecule has 0 saturated heterocycles. The lowest BCUT2D eigenvalue weighted by atomic mass is 10.1. The predicted molar refractivity (Wildman–Crippen MR) is 84.4 cm³/mol. The number of amides is 1. The quantitative estimate of drug-likeness (QED) is 0.833. The zero-order chi connectivity index (χ0) is 15.3.